The Hall–Kier alpha value is -3.65. The number of hydrogen-bond donors (Lipinski definition) is 2. The molecule has 1 aliphatic rings. The van der Waals surface area contributed by atoms with Crippen LogP contribution in [0.3, 0.4) is 0 Å². The fraction of sp³-hybridized carbons (Fsp3) is 0.321. The first-order chi connectivity index (χ1) is 19.5. The van der Waals surface area contributed by atoms with Crippen LogP contribution < -0.4 is 14.7 Å². The number of nitrogens with one attached hydrogen (secondary N) is 1. The van der Waals surface area contributed by atoms with Crippen molar-refractivity contribution < 1.29 is 30.6 Å². The first-order valence-corrected chi connectivity index (χ1v) is 15.8. The molecule has 0 amide bonds. The van der Waals surface area contributed by atoms with Crippen molar-refractivity contribution in [3.8, 4) is 11.5 Å². The maximum Gasteiger partial charge on any atom is 0.340 e. The summed E-state index contributed by atoms with van der Waals surface area (Å²) in [5.41, 5.74) is 7.10. The molecule has 220 valence electrons. The van der Waals surface area contributed by atoms with Gasteiger partial charge in [-0.1, -0.05) is 42.5 Å². The van der Waals surface area contributed by atoms with E-state index in [1.165, 1.54) is 48.5 Å². The van der Waals surface area contributed by atoms with Gasteiger partial charge < -0.3 is 14.7 Å². The summed E-state index contributed by atoms with van der Waals surface area (Å²) in [6.07, 6.45) is 1.17. The van der Waals surface area contributed by atoms with Gasteiger partial charge in [0.1, 0.15) is 21.3 Å². The monoisotopic (exact) mass is 602 g/mol. The van der Waals surface area contributed by atoms with Gasteiger partial charge in [-0.05, 0) is 55.2 Å². The summed E-state index contributed by atoms with van der Waals surface area (Å²) < 4.78 is 66.1. The molecule has 1 aliphatic heterocycles. The minimum atomic E-state index is -4.53. The van der Waals surface area contributed by atoms with E-state index < -0.39 is 25.0 Å². The molecule has 3 N–H and O–H groups in total. The Morgan fingerprint density at radius 3 is 2.34 bits per heavy atom. The summed E-state index contributed by atoms with van der Waals surface area (Å²) in [5.74, 6) is 0.285. The zero-order valence-corrected chi connectivity index (χ0v) is 24.5. The van der Waals surface area contributed by atoms with Crippen molar-refractivity contribution >= 4 is 26.1 Å². The summed E-state index contributed by atoms with van der Waals surface area (Å²) in [5, 5.41) is 8.76. The molecule has 1 fully saturated rings. The number of likely N-dealkylation sites (N-methyl/N-ethyl adjacent to an activating group) is 1. The van der Waals surface area contributed by atoms with Crippen LogP contribution in [0.25, 0.3) is 0 Å². The molecule has 4 rings (SSSR count). The predicted molar refractivity (Wildman–Crippen MR) is 154 cm³/mol. The Balaban J connectivity index is 1.47. The number of hydroxylamine groups is 2. The molecule has 0 aliphatic carbocycles. The van der Waals surface area contributed by atoms with Gasteiger partial charge in [0.25, 0.3) is 0 Å². The third-order valence-corrected chi connectivity index (χ3v) is 9.91. The van der Waals surface area contributed by atoms with Gasteiger partial charge in [0.2, 0.25) is 16.0 Å². The van der Waals surface area contributed by atoms with Crippen LogP contribution >= 0.6 is 0 Å². The molecule has 1 heterocycles. The Morgan fingerprint density at radius 2 is 1.68 bits per heavy atom. The first kappa shape index (κ1) is 30.3. The summed E-state index contributed by atoms with van der Waals surface area (Å²) in [6, 6.07) is 19.5. The summed E-state index contributed by atoms with van der Waals surface area (Å²) in [6.45, 7) is 3.03. The molecule has 41 heavy (non-hydrogen) atoms. The number of rotatable bonds is 11. The molecule has 0 radical (unpaired) electrons. The van der Waals surface area contributed by atoms with Crippen LogP contribution in [-0.4, -0.2) is 65.5 Å². The maximum atomic E-state index is 13.4. The van der Waals surface area contributed by atoms with Crippen molar-refractivity contribution in [2.24, 2.45) is 11.7 Å². The average Bonchev–Trinajstić information content (AvgIpc) is 2.95. The quantitative estimate of drug-likeness (QED) is 0.191. The van der Waals surface area contributed by atoms with Gasteiger partial charge >= 0.3 is 10.1 Å². The second-order valence-electron chi connectivity index (χ2n) is 9.78. The van der Waals surface area contributed by atoms with Gasteiger partial charge in [-0.3, -0.25) is 10.2 Å². The predicted octanol–water partition coefficient (Wildman–Crippen LogP) is 3.15. The highest BCUT2D eigenvalue weighted by atomic mass is 32.2. The van der Waals surface area contributed by atoms with Crippen LogP contribution in [0.4, 0.5) is 0 Å². The lowest BCUT2D eigenvalue weighted by molar-refractivity contribution is -0.149. The molecule has 1 atom stereocenters. The normalized spacial score (nSPS) is 16.0. The van der Waals surface area contributed by atoms with Gasteiger partial charge in [-0.2, -0.15) is 8.42 Å². The summed E-state index contributed by atoms with van der Waals surface area (Å²) in [4.78, 5) is 4.63. The zero-order chi connectivity index (χ0) is 29.6. The number of nitrogens with two attached hydrogens (primary N) is 1. The fourth-order valence-electron chi connectivity index (χ4n) is 4.28. The van der Waals surface area contributed by atoms with Gasteiger partial charge in [0.15, 0.2) is 0 Å². The molecule has 1 saturated heterocycles. The van der Waals surface area contributed by atoms with E-state index in [1.54, 1.807) is 13.0 Å². The summed E-state index contributed by atoms with van der Waals surface area (Å²) >= 11 is 0. The van der Waals surface area contributed by atoms with Gasteiger partial charge in [0, 0.05) is 32.1 Å². The van der Waals surface area contributed by atoms with Gasteiger partial charge in [0.05, 0.1) is 13.2 Å². The van der Waals surface area contributed by atoms with Crippen molar-refractivity contribution in [3.05, 3.63) is 83.9 Å². The average molecular weight is 603 g/mol. The molecule has 3 aromatic rings. The summed E-state index contributed by atoms with van der Waals surface area (Å²) in [7, 11) is -7.26. The van der Waals surface area contributed by atoms with E-state index in [9.17, 15) is 16.8 Å². The van der Waals surface area contributed by atoms with E-state index in [4.69, 9.17) is 24.9 Å². The van der Waals surface area contributed by atoms with Crippen LogP contribution in [0.2, 0.25) is 0 Å². The van der Waals surface area contributed by atoms with E-state index in [0.29, 0.717) is 43.9 Å². The molecule has 3 aromatic carbocycles. The lowest BCUT2D eigenvalue weighted by atomic mass is 10.1. The molecular formula is C28H34N4O7S2. The van der Waals surface area contributed by atoms with E-state index >= 15 is 0 Å². The second-order valence-corrected chi connectivity index (χ2v) is 13.3. The van der Waals surface area contributed by atoms with Crippen molar-refractivity contribution in [1.29, 1.82) is 5.41 Å². The van der Waals surface area contributed by atoms with Crippen LogP contribution in [0.5, 0.6) is 11.5 Å². The van der Waals surface area contributed by atoms with Crippen molar-refractivity contribution in [2.45, 2.75) is 29.6 Å². The highest BCUT2D eigenvalue weighted by molar-refractivity contribution is 7.91. The second kappa shape index (κ2) is 12.9. The molecule has 13 heteroatoms. The minimum Gasteiger partial charge on any atom is -0.493 e. The standard InChI is InChI=1S/C28H34N4O7S2/c1-21-16-24(37-19-23-13-15-32(28(29)30)38-20-23)18-25(17-21)39-41(35,36)27-11-7-6-10-26(27)40(33,34)31(2)14-12-22-8-4-3-5-9-22/h3-11,16-18,23H,12-15,19-20H2,1-2H3,(H3,29,30). The zero-order valence-electron chi connectivity index (χ0n) is 22.9. The lowest BCUT2D eigenvalue weighted by Crippen LogP contribution is -2.43. The number of hydrogen-bond acceptors (Lipinski definition) is 8. The minimum absolute atomic E-state index is 0.00715. The van der Waals surface area contributed by atoms with Crippen molar-refractivity contribution in [1.82, 2.24) is 9.37 Å². The third-order valence-electron chi connectivity index (χ3n) is 6.56. The molecule has 0 bridgehead atoms. The first-order valence-electron chi connectivity index (χ1n) is 13.0. The molecule has 0 spiro atoms. The number of aryl methyl sites for hydroxylation is 1. The van der Waals surface area contributed by atoms with Crippen molar-refractivity contribution in [3.63, 3.8) is 0 Å². The van der Waals surface area contributed by atoms with Crippen molar-refractivity contribution in [2.75, 3.05) is 33.4 Å². The largest absolute Gasteiger partial charge is 0.493 e. The van der Waals surface area contributed by atoms with Crippen LogP contribution in [0, 0.1) is 18.3 Å². The van der Waals surface area contributed by atoms with Gasteiger partial charge in [-0.15, -0.1) is 0 Å². The third kappa shape index (κ3) is 7.76. The Labute approximate surface area is 241 Å². The molecule has 0 aromatic heterocycles. The lowest BCUT2D eigenvalue weighted by Gasteiger charge is -2.31. The van der Waals surface area contributed by atoms with Crippen LogP contribution in [-0.2, 0) is 31.4 Å². The maximum absolute atomic E-state index is 13.4. The van der Waals surface area contributed by atoms with E-state index in [-0.39, 0.29) is 29.1 Å². The Bertz CT molecular complexity index is 1570. The topological polar surface area (TPSA) is 152 Å². The number of nitrogens with zero attached hydrogens (tertiary/aromatic N) is 2. The van der Waals surface area contributed by atoms with Crippen LogP contribution in [0.15, 0.2) is 82.6 Å². The Kier molecular flexibility index (Phi) is 9.53. The van der Waals surface area contributed by atoms with E-state index in [1.807, 2.05) is 30.3 Å². The molecule has 0 saturated carbocycles. The fourth-order valence-corrected chi connectivity index (χ4v) is 7.15. The SMILES string of the molecule is Cc1cc(OCC2CCN(C(=N)N)OC2)cc(OS(=O)(=O)c2ccccc2S(=O)(=O)N(C)CCc2ccccc2)c1. The molecular weight excluding hydrogens is 568 g/mol. The Morgan fingerprint density at radius 1 is 1.02 bits per heavy atom. The number of ether oxygens (including phenoxy) is 1. The van der Waals surface area contributed by atoms with Crippen LogP contribution in [0.1, 0.15) is 17.5 Å². The molecule has 11 nitrogen and oxygen atoms in total. The van der Waals surface area contributed by atoms with E-state index in [0.717, 1.165) is 9.87 Å². The highest BCUT2D eigenvalue weighted by Crippen LogP contribution is 2.30. The number of sulfonamides is 1. The van der Waals surface area contributed by atoms with Gasteiger partial charge in [-0.25, -0.2) is 17.8 Å². The number of guanidine groups is 1. The number of benzene rings is 3. The van der Waals surface area contributed by atoms with E-state index in [2.05, 4.69) is 0 Å². The molecule has 1 unspecified atom stereocenters. The smallest absolute Gasteiger partial charge is 0.340 e. The highest BCUT2D eigenvalue weighted by Gasteiger charge is 2.31.